The standard InChI is InChI=1S/C25H23N5O3/c1-17(31)20-10-8-19(9-11-20)14-30-15-21(12-7-18-5-3-2-4-6-18)22(16-30)23(32)13-24(33)25-26-28-29-27-25/h2-6,8-11,13,15-16,32H,7,12,14H2,1H3,(H,26,27,28,29). The number of hydrogen-bond donors (Lipinski definition) is 2. The largest absolute Gasteiger partial charge is 0.507 e. The van der Waals surface area contributed by atoms with E-state index in [0.29, 0.717) is 24.1 Å². The van der Waals surface area contributed by atoms with Crippen molar-refractivity contribution in [2.75, 3.05) is 0 Å². The van der Waals surface area contributed by atoms with Gasteiger partial charge in [0.25, 0.3) is 0 Å². The van der Waals surface area contributed by atoms with Crippen LogP contribution in [0.25, 0.3) is 5.76 Å². The smallest absolute Gasteiger partial charge is 0.244 e. The maximum absolute atomic E-state index is 12.3. The lowest BCUT2D eigenvalue weighted by Crippen LogP contribution is -2.00. The number of aromatic nitrogens is 5. The maximum Gasteiger partial charge on any atom is 0.244 e. The second kappa shape index (κ2) is 9.86. The molecule has 2 aromatic heterocycles. The lowest BCUT2D eigenvalue weighted by Gasteiger charge is -2.04. The van der Waals surface area contributed by atoms with Crippen LogP contribution < -0.4 is 0 Å². The van der Waals surface area contributed by atoms with Crippen molar-refractivity contribution in [1.29, 1.82) is 0 Å². The number of carbonyl (C=O) groups is 2. The van der Waals surface area contributed by atoms with Crippen molar-refractivity contribution in [2.24, 2.45) is 0 Å². The first-order valence-electron chi connectivity index (χ1n) is 10.5. The summed E-state index contributed by atoms with van der Waals surface area (Å²) in [6.45, 7) is 2.10. The number of ketones is 2. The van der Waals surface area contributed by atoms with Crippen LogP contribution in [0.2, 0.25) is 0 Å². The summed E-state index contributed by atoms with van der Waals surface area (Å²) in [5.74, 6) is -0.784. The highest BCUT2D eigenvalue weighted by molar-refractivity contribution is 6.05. The van der Waals surface area contributed by atoms with E-state index in [9.17, 15) is 14.7 Å². The number of H-pyrrole nitrogens is 1. The number of aliphatic hydroxyl groups is 1. The predicted octanol–water partition coefficient (Wildman–Crippen LogP) is 3.82. The molecule has 0 spiro atoms. The minimum atomic E-state index is -0.539. The molecular formula is C25H23N5O3. The molecule has 0 aliphatic rings. The number of carbonyl (C=O) groups excluding carboxylic acids is 2. The Balaban J connectivity index is 1.60. The zero-order valence-electron chi connectivity index (χ0n) is 18.1. The Morgan fingerprint density at radius 1 is 1.00 bits per heavy atom. The van der Waals surface area contributed by atoms with Gasteiger partial charge in [-0.05, 0) is 41.7 Å². The van der Waals surface area contributed by atoms with Gasteiger partial charge >= 0.3 is 0 Å². The topological polar surface area (TPSA) is 114 Å². The predicted molar refractivity (Wildman–Crippen MR) is 123 cm³/mol. The minimum absolute atomic E-state index is 0.0225. The van der Waals surface area contributed by atoms with Gasteiger partial charge in [-0.2, -0.15) is 5.21 Å². The molecule has 0 amide bonds. The third-order valence-electron chi connectivity index (χ3n) is 5.32. The summed E-state index contributed by atoms with van der Waals surface area (Å²) in [4.78, 5) is 23.8. The molecule has 2 aromatic carbocycles. The minimum Gasteiger partial charge on any atom is -0.507 e. The van der Waals surface area contributed by atoms with E-state index in [4.69, 9.17) is 0 Å². The van der Waals surface area contributed by atoms with Crippen LogP contribution in [0.1, 0.15) is 50.2 Å². The molecule has 0 saturated heterocycles. The van der Waals surface area contributed by atoms with Crippen LogP contribution in [0.4, 0.5) is 0 Å². The third-order valence-corrected chi connectivity index (χ3v) is 5.32. The molecule has 8 nitrogen and oxygen atoms in total. The van der Waals surface area contributed by atoms with Crippen LogP contribution in [0.3, 0.4) is 0 Å². The summed E-state index contributed by atoms with van der Waals surface area (Å²) in [6.07, 6.45) is 6.37. The van der Waals surface area contributed by atoms with Gasteiger partial charge in [-0.15, -0.1) is 10.2 Å². The molecule has 8 heteroatoms. The molecule has 0 radical (unpaired) electrons. The van der Waals surface area contributed by atoms with Gasteiger partial charge < -0.3 is 9.67 Å². The average molecular weight is 441 g/mol. The molecular weight excluding hydrogens is 418 g/mol. The number of Topliss-reactive ketones (excluding diaryl/α,β-unsaturated/α-hetero) is 1. The van der Waals surface area contributed by atoms with E-state index in [1.165, 1.54) is 12.5 Å². The summed E-state index contributed by atoms with van der Waals surface area (Å²) in [5.41, 5.74) is 4.35. The Morgan fingerprint density at radius 2 is 1.76 bits per heavy atom. The summed E-state index contributed by atoms with van der Waals surface area (Å²) < 4.78 is 1.96. The number of aliphatic hydroxyl groups excluding tert-OH is 1. The van der Waals surface area contributed by atoms with Gasteiger partial charge in [0, 0.05) is 36.1 Å². The van der Waals surface area contributed by atoms with Gasteiger partial charge in [0.2, 0.25) is 11.6 Å². The van der Waals surface area contributed by atoms with Crippen molar-refractivity contribution in [3.63, 3.8) is 0 Å². The number of hydrogen-bond acceptors (Lipinski definition) is 6. The van der Waals surface area contributed by atoms with Crippen LogP contribution in [-0.4, -0.2) is 41.9 Å². The molecule has 0 atom stereocenters. The number of aromatic amines is 1. The number of tetrazole rings is 1. The van der Waals surface area contributed by atoms with Crippen LogP contribution in [0.5, 0.6) is 0 Å². The van der Waals surface area contributed by atoms with Gasteiger partial charge in [0.1, 0.15) is 5.76 Å². The van der Waals surface area contributed by atoms with E-state index in [-0.39, 0.29) is 17.4 Å². The fourth-order valence-electron chi connectivity index (χ4n) is 3.59. The molecule has 0 unspecified atom stereocenters. The fraction of sp³-hybridized carbons (Fsp3) is 0.160. The van der Waals surface area contributed by atoms with E-state index < -0.39 is 5.78 Å². The number of nitrogens with one attached hydrogen (secondary N) is 1. The van der Waals surface area contributed by atoms with Crippen LogP contribution in [0, 0.1) is 0 Å². The summed E-state index contributed by atoms with van der Waals surface area (Å²) in [5, 5.41) is 23.7. The molecule has 4 aromatic rings. The summed E-state index contributed by atoms with van der Waals surface area (Å²) in [7, 11) is 0. The summed E-state index contributed by atoms with van der Waals surface area (Å²) in [6, 6.07) is 17.5. The molecule has 2 N–H and O–H groups in total. The second-order valence-corrected chi connectivity index (χ2v) is 7.74. The van der Waals surface area contributed by atoms with Crippen molar-refractivity contribution < 1.29 is 14.7 Å². The molecule has 0 saturated carbocycles. The van der Waals surface area contributed by atoms with Gasteiger partial charge in [-0.1, -0.05) is 54.6 Å². The first-order chi connectivity index (χ1) is 16.0. The molecule has 0 bridgehead atoms. The van der Waals surface area contributed by atoms with Crippen molar-refractivity contribution >= 4 is 17.3 Å². The first-order valence-corrected chi connectivity index (χ1v) is 10.5. The van der Waals surface area contributed by atoms with E-state index in [2.05, 4.69) is 32.8 Å². The molecule has 0 aliphatic carbocycles. The Bertz CT molecular complexity index is 1270. The lowest BCUT2D eigenvalue weighted by molar-refractivity contribution is 0.101. The Labute approximate surface area is 190 Å². The van der Waals surface area contributed by atoms with Crippen LogP contribution >= 0.6 is 0 Å². The van der Waals surface area contributed by atoms with Gasteiger partial charge in [0.15, 0.2) is 5.78 Å². The number of allylic oxidation sites excluding steroid dienone is 1. The highest BCUT2D eigenvalue weighted by Gasteiger charge is 2.15. The number of benzene rings is 2. The zero-order valence-corrected chi connectivity index (χ0v) is 18.1. The van der Waals surface area contributed by atoms with Crippen molar-refractivity contribution in [2.45, 2.75) is 26.3 Å². The quantitative estimate of drug-likeness (QED) is 0.232. The number of nitrogens with zero attached hydrogens (tertiary/aromatic N) is 4. The second-order valence-electron chi connectivity index (χ2n) is 7.74. The molecule has 4 rings (SSSR count). The van der Waals surface area contributed by atoms with Crippen LogP contribution in [0.15, 0.2) is 73.1 Å². The van der Waals surface area contributed by atoms with Crippen LogP contribution in [-0.2, 0) is 19.4 Å². The van der Waals surface area contributed by atoms with Gasteiger partial charge in [-0.25, -0.2) is 0 Å². The lowest BCUT2D eigenvalue weighted by atomic mass is 10.0. The normalized spacial score (nSPS) is 11.5. The van der Waals surface area contributed by atoms with Gasteiger partial charge in [0.05, 0.1) is 0 Å². The fourth-order valence-corrected chi connectivity index (χ4v) is 3.59. The first kappa shape index (κ1) is 21.9. The molecule has 166 valence electrons. The molecule has 0 fully saturated rings. The highest BCUT2D eigenvalue weighted by Crippen LogP contribution is 2.22. The van der Waals surface area contributed by atoms with Crippen molar-refractivity contribution in [3.05, 3.63) is 107 Å². The Kier molecular flexibility index (Phi) is 6.54. The zero-order chi connectivity index (χ0) is 23.2. The van der Waals surface area contributed by atoms with Gasteiger partial charge in [-0.3, -0.25) is 9.59 Å². The van der Waals surface area contributed by atoms with Crippen molar-refractivity contribution in [3.8, 4) is 0 Å². The molecule has 0 aliphatic heterocycles. The Morgan fingerprint density at radius 3 is 2.42 bits per heavy atom. The van der Waals surface area contributed by atoms with E-state index in [0.717, 1.165) is 23.6 Å². The Hall–Kier alpha value is -4.33. The van der Waals surface area contributed by atoms with E-state index in [1.54, 1.807) is 12.1 Å². The maximum atomic E-state index is 12.3. The monoisotopic (exact) mass is 441 g/mol. The van der Waals surface area contributed by atoms with E-state index >= 15 is 0 Å². The van der Waals surface area contributed by atoms with Crippen molar-refractivity contribution in [1.82, 2.24) is 25.2 Å². The number of aryl methyl sites for hydroxylation is 2. The average Bonchev–Trinajstić information content (AvgIpc) is 3.49. The number of rotatable bonds is 9. The molecule has 2 heterocycles. The third kappa shape index (κ3) is 5.48. The SMILES string of the molecule is CC(=O)c1ccc(Cn2cc(CCc3ccccc3)c(C(O)=CC(=O)c3nn[nH]n3)c2)cc1. The molecule has 33 heavy (non-hydrogen) atoms. The highest BCUT2D eigenvalue weighted by atomic mass is 16.3. The van der Waals surface area contributed by atoms with E-state index in [1.807, 2.05) is 47.3 Å². The summed E-state index contributed by atoms with van der Waals surface area (Å²) >= 11 is 0.